The van der Waals surface area contributed by atoms with E-state index in [1.165, 1.54) is 25.7 Å². The van der Waals surface area contributed by atoms with E-state index in [0.29, 0.717) is 5.41 Å². The molecule has 3 N–H and O–H groups in total. The standard InChI is InChI=1S/C11H22N2O/c1-3-4-11(5-6-11)8-13-7-9(2)10(12)14/h9,13H,3-8H2,1-2H3,(H2,12,14). The van der Waals surface area contributed by atoms with Crippen molar-refractivity contribution in [3.8, 4) is 0 Å². The van der Waals surface area contributed by atoms with Crippen molar-refractivity contribution >= 4 is 5.91 Å². The van der Waals surface area contributed by atoms with Crippen LogP contribution >= 0.6 is 0 Å². The number of primary amides is 1. The highest BCUT2D eigenvalue weighted by molar-refractivity contribution is 5.76. The van der Waals surface area contributed by atoms with Gasteiger partial charge >= 0.3 is 0 Å². The topological polar surface area (TPSA) is 55.1 Å². The summed E-state index contributed by atoms with van der Waals surface area (Å²) in [6.07, 6.45) is 5.26. The predicted molar refractivity (Wildman–Crippen MR) is 57.8 cm³/mol. The summed E-state index contributed by atoms with van der Waals surface area (Å²) in [6, 6.07) is 0. The van der Waals surface area contributed by atoms with Gasteiger partial charge in [0.1, 0.15) is 0 Å². The number of rotatable bonds is 7. The second kappa shape index (κ2) is 4.78. The van der Waals surface area contributed by atoms with Crippen molar-refractivity contribution < 1.29 is 4.79 Å². The highest BCUT2D eigenvalue weighted by Gasteiger charge is 2.40. The van der Waals surface area contributed by atoms with Crippen molar-refractivity contribution in [2.24, 2.45) is 17.1 Å². The summed E-state index contributed by atoms with van der Waals surface area (Å²) >= 11 is 0. The molecule has 1 atom stereocenters. The molecule has 3 nitrogen and oxygen atoms in total. The van der Waals surface area contributed by atoms with Gasteiger partial charge in [0.2, 0.25) is 5.91 Å². The van der Waals surface area contributed by atoms with E-state index in [2.05, 4.69) is 12.2 Å². The Morgan fingerprint density at radius 3 is 2.64 bits per heavy atom. The minimum absolute atomic E-state index is 0.0487. The fraction of sp³-hybridized carbons (Fsp3) is 0.909. The number of hydrogen-bond donors (Lipinski definition) is 2. The number of carbonyl (C=O) groups excluding carboxylic acids is 1. The van der Waals surface area contributed by atoms with E-state index < -0.39 is 0 Å². The molecule has 0 spiro atoms. The average Bonchev–Trinajstić information content (AvgIpc) is 2.85. The van der Waals surface area contributed by atoms with E-state index in [9.17, 15) is 4.79 Å². The van der Waals surface area contributed by atoms with Gasteiger partial charge < -0.3 is 11.1 Å². The molecular weight excluding hydrogens is 176 g/mol. The molecule has 1 aliphatic rings. The van der Waals surface area contributed by atoms with Crippen LogP contribution in [-0.4, -0.2) is 19.0 Å². The Kier molecular flexibility index (Phi) is 3.93. The van der Waals surface area contributed by atoms with Gasteiger partial charge in [0.15, 0.2) is 0 Å². The van der Waals surface area contributed by atoms with Crippen LogP contribution in [0.1, 0.15) is 39.5 Å². The van der Waals surface area contributed by atoms with Gasteiger partial charge in [0.05, 0.1) is 0 Å². The maximum absolute atomic E-state index is 10.8. The first-order valence-electron chi connectivity index (χ1n) is 5.60. The summed E-state index contributed by atoms with van der Waals surface area (Å²) in [4.78, 5) is 10.8. The van der Waals surface area contributed by atoms with E-state index >= 15 is 0 Å². The lowest BCUT2D eigenvalue weighted by atomic mass is 10.0. The molecule has 0 heterocycles. The molecule has 0 bridgehead atoms. The minimum atomic E-state index is -0.210. The lowest BCUT2D eigenvalue weighted by molar-refractivity contribution is -0.121. The molecule has 0 aromatic heterocycles. The van der Waals surface area contributed by atoms with Crippen LogP contribution in [0.15, 0.2) is 0 Å². The van der Waals surface area contributed by atoms with Gasteiger partial charge in [0.25, 0.3) is 0 Å². The zero-order valence-electron chi connectivity index (χ0n) is 9.31. The molecule has 0 saturated heterocycles. The fourth-order valence-electron chi connectivity index (χ4n) is 1.88. The van der Waals surface area contributed by atoms with Crippen LogP contribution in [0.3, 0.4) is 0 Å². The van der Waals surface area contributed by atoms with Crippen molar-refractivity contribution in [3.05, 3.63) is 0 Å². The van der Waals surface area contributed by atoms with Gasteiger partial charge in [-0.05, 0) is 24.7 Å². The van der Waals surface area contributed by atoms with Gasteiger partial charge in [-0.25, -0.2) is 0 Å². The largest absolute Gasteiger partial charge is 0.369 e. The lowest BCUT2D eigenvalue weighted by Gasteiger charge is -2.16. The third kappa shape index (κ3) is 3.29. The second-order valence-corrected chi connectivity index (χ2v) is 4.68. The Balaban J connectivity index is 2.12. The molecule has 0 radical (unpaired) electrons. The van der Waals surface area contributed by atoms with Crippen LogP contribution in [0.25, 0.3) is 0 Å². The zero-order chi connectivity index (χ0) is 10.6. The van der Waals surface area contributed by atoms with E-state index in [-0.39, 0.29) is 11.8 Å². The van der Waals surface area contributed by atoms with Crippen molar-refractivity contribution in [1.29, 1.82) is 0 Å². The maximum Gasteiger partial charge on any atom is 0.221 e. The third-order valence-electron chi connectivity index (χ3n) is 3.17. The highest BCUT2D eigenvalue weighted by Crippen LogP contribution is 2.48. The summed E-state index contributed by atoms with van der Waals surface area (Å²) in [6.45, 7) is 5.88. The average molecular weight is 198 g/mol. The fourth-order valence-corrected chi connectivity index (χ4v) is 1.88. The number of amides is 1. The summed E-state index contributed by atoms with van der Waals surface area (Å²) in [5.41, 5.74) is 5.74. The number of nitrogens with two attached hydrogens (primary N) is 1. The van der Waals surface area contributed by atoms with E-state index in [0.717, 1.165) is 13.1 Å². The van der Waals surface area contributed by atoms with E-state index in [4.69, 9.17) is 5.73 Å². The zero-order valence-corrected chi connectivity index (χ0v) is 9.31. The summed E-state index contributed by atoms with van der Waals surface area (Å²) in [7, 11) is 0. The molecule has 3 heteroatoms. The SMILES string of the molecule is CCCC1(CNCC(C)C(N)=O)CC1. The molecule has 0 aliphatic heterocycles. The molecule has 0 aromatic rings. The Labute approximate surface area is 86.4 Å². The third-order valence-corrected chi connectivity index (χ3v) is 3.17. The Morgan fingerprint density at radius 1 is 1.57 bits per heavy atom. The summed E-state index contributed by atoms with van der Waals surface area (Å²) in [5.74, 6) is -0.259. The monoisotopic (exact) mass is 198 g/mol. The smallest absolute Gasteiger partial charge is 0.221 e. The Hall–Kier alpha value is -0.570. The Bertz CT molecular complexity index is 199. The van der Waals surface area contributed by atoms with E-state index in [1.54, 1.807) is 0 Å². The van der Waals surface area contributed by atoms with E-state index in [1.807, 2.05) is 6.92 Å². The molecular formula is C11H22N2O. The van der Waals surface area contributed by atoms with Gasteiger partial charge in [-0.15, -0.1) is 0 Å². The number of nitrogens with one attached hydrogen (secondary N) is 1. The summed E-state index contributed by atoms with van der Waals surface area (Å²) in [5, 5.41) is 3.35. The minimum Gasteiger partial charge on any atom is -0.369 e. The van der Waals surface area contributed by atoms with Crippen LogP contribution in [0, 0.1) is 11.3 Å². The van der Waals surface area contributed by atoms with Crippen LogP contribution in [0.2, 0.25) is 0 Å². The van der Waals surface area contributed by atoms with Crippen molar-refractivity contribution in [3.63, 3.8) is 0 Å². The van der Waals surface area contributed by atoms with Crippen molar-refractivity contribution in [2.45, 2.75) is 39.5 Å². The first kappa shape index (κ1) is 11.5. The molecule has 82 valence electrons. The molecule has 1 aliphatic carbocycles. The molecule has 1 saturated carbocycles. The van der Waals surface area contributed by atoms with Crippen LogP contribution < -0.4 is 11.1 Å². The van der Waals surface area contributed by atoms with Gasteiger partial charge in [-0.3, -0.25) is 4.79 Å². The molecule has 14 heavy (non-hydrogen) atoms. The van der Waals surface area contributed by atoms with Gasteiger partial charge in [0, 0.05) is 19.0 Å². The quantitative estimate of drug-likeness (QED) is 0.647. The normalized spacial score (nSPS) is 20.4. The van der Waals surface area contributed by atoms with Gasteiger partial charge in [-0.2, -0.15) is 0 Å². The highest BCUT2D eigenvalue weighted by atomic mass is 16.1. The predicted octanol–water partition coefficient (Wildman–Crippen LogP) is 1.28. The first-order chi connectivity index (χ1) is 6.59. The molecule has 1 unspecified atom stereocenters. The van der Waals surface area contributed by atoms with Crippen molar-refractivity contribution in [1.82, 2.24) is 5.32 Å². The molecule has 1 fully saturated rings. The Morgan fingerprint density at radius 2 is 2.21 bits per heavy atom. The van der Waals surface area contributed by atoms with Crippen LogP contribution in [-0.2, 0) is 4.79 Å². The second-order valence-electron chi connectivity index (χ2n) is 4.68. The molecule has 1 amide bonds. The molecule has 0 aromatic carbocycles. The lowest BCUT2D eigenvalue weighted by Crippen LogP contribution is -2.34. The summed E-state index contributed by atoms with van der Waals surface area (Å²) < 4.78 is 0. The first-order valence-corrected chi connectivity index (χ1v) is 5.60. The van der Waals surface area contributed by atoms with Gasteiger partial charge in [-0.1, -0.05) is 20.3 Å². The molecule has 1 rings (SSSR count). The van der Waals surface area contributed by atoms with Crippen LogP contribution in [0.4, 0.5) is 0 Å². The maximum atomic E-state index is 10.8. The van der Waals surface area contributed by atoms with Crippen LogP contribution in [0.5, 0.6) is 0 Å². The number of carbonyl (C=O) groups is 1. The van der Waals surface area contributed by atoms with Crippen molar-refractivity contribution in [2.75, 3.05) is 13.1 Å². The number of hydrogen-bond acceptors (Lipinski definition) is 2.